The maximum Gasteiger partial charge on any atom is 0.0758 e. The first kappa shape index (κ1) is 15.6. The Kier molecular flexibility index (Phi) is 6.84. The average molecular weight is 339 g/mol. The van der Waals surface area contributed by atoms with E-state index in [1.165, 1.54) is 5.56 Å². The van der Waals surface area contributed by atoms with Crippen LogP contribution in [-0.2, 0) is 0 Å². The molecule has 2 aromatic carbocycles. The summed E-state index contributed by atoms with van der Waals surface area (Å²) in [5.41, 5.74) is 2.34. The molecule has 0 radical (unpaired) electrons. The van der Waals surface area contributed by atoms with Crippen LogP contribution in [0.15, 0.2) is 66.7 Å². The fourth-order valence-corrected chi connectivity index (χ4v) is 2.39. The van der Waals surface area contributed by atoms with Gasteiger partial charge in [-0.25, -0.2) is 0 Å². The van der Waals surface area contributed by atoms with Crippen molar-refractivity contribution in [2.75, 3.05) is 0 Å². The highest BCUT2D eigenvalue weighted by Gasteiger charge is 1.97. The van der Waals surface area contributed by atoms with Crippen LogP contribution < -0.4 is 0 Å². The quantitative estimate of drug-likeness (QED) is 0.373. The molecule has 2 rings (SSSR count). The summed E-state index contributed by atoms with van der Waals surface area (Å²) in [6, 6.07) is 20.5. The Morgan fingerprint density at radius 2 is 1.62 bits per heavy atom. The second-order valence-electron chi connectivity index (χ2n) is 4.85. The van der Waals surface area contributed by atoms with E-state index in [2.05, 4.69) is 64.2 Å². The van der Waals surface area contributed by atoms with Gasteiger partial charge in [0.2, 0.25) is 0 Å². The second-order valence-corrected chi connectivity index (χ2v) is 5.95. The number of hydrogen-bond donors (Lipinski definition) is 0. The van der Waals surface area contributed by atoms with Crippen LogP contribution in [0.4, 0.5) is 0 Å². The van der Waals surface area contributed by atoms with Gasteiger partial charge in [-0.1, -0.05) is 88.5 Å². The van der Waals surface area contributed by atoms with Crippen molar-refractivity contribution in [3.63, 3.8) is 0 Å². The summed E-state index contributed by atoms with van der Waals surface area (Å²) in [5.74, 6) is 6.45. The van der Waals surface area contributed by atoms with Gasteiger partial charge in [0, 0.05) is 5.56 Å². The van der Waals surface area contributed by atoms with Gasteiger partial charge in [0.05, 0.1) is 4.83 Å². The average Bonchev–Trinajstić information content (AvgIpc) is 2.54. The van der Waals surface area contributed by atoms with E-state index in [9.17, 15) is 0 Å². The van der Waals surface area contributed by atoms with Crippen molar-refractivity contribution >= 4 is 22.0 Å². The molecule has 0 amide bonds. The number of alkyl halides is 1. The molecule has 0 saturated heterocycles. The van der Waals surface area contributed by atoms with Gasteiger partial charge in [0.1, 0.15) is 0 Å². The van der Waals surface area contributed by atoms with E-state index >= 15 is 0 Å². The molecule has 0 N–H and O–H groups in total. The summed E-state index contributed by atoms with van der Waals surface area (Å²) in [7, 11) is 0. The summed E-state index contributed by atoms with van der Waals surface area (Å²) in [6.45, 7) is 0. The van der Waals surface area contributed by atoms with Gasteiger partial charge < -0.3 is 0 Å². The highest BCUT2D eigenvalue weighted by molar-refractivity contribution is 9.09. The lowest BCUT2D eigenvalue weighted by atomic mass is 10.1. The lowest BCUT2D eigenvalue weighted by Gasteiger charge is -1.99. The zero-order valence-corrected chi connectivity index (χ0v) is 13.6. The summed E-state index contributed by atoms with van der Waals surface area (Å²) in [4.78, 5) is 0.267. The number of hydrogen-bond acceptors (Lipinski definition) is 0. The third-order valence-corrected chi connectivity index (χ3v) is 3.77. The lowest BCUT2D eigenvalue weighted by molar-refractivity contribution is 0.789. The SMILES string of the molecule is BrC(C#Cc1ccccc1)CCC/C=C/c1ccccc1. The monoisotopic (exact) mass is 338 g/mol. The maximum atomic E-state index is 3.63. The first-order chi connectivity index (χ1) is 10.3. The van der Waals surface area contributed by atoms with Crippen molar-refractivity contribution in [2.45, 2.75) is 24.1 Å². The van der Waals surface area contributed by atoms with Gasteiger partial charge in [-0.05, 0) is 37.0 Å². The van der Waals surface area contributed by atoms with Crippen molar-refractivity contribution in [1.82, 2.24) is 0 Å². The minimum absolute atomic E-state index is 0.267. The molecule has 0 aromatic heterocycles. The van der Waals surface area contributed by atoms with Crippen LogP contribution in [0.3, 0.4) is 0 Å². The molecule has 0 aliphatic carbocycles. The van der Waals surface area contributed by atoms with E-state index in [1.54, 1.807) is 0 Å². The van der Waals surface area contributed by atoms with Crippen molar-refractivity contribution in [2.24, 2.45) is 0 Å². The molecule has 2 aromatic rings. The predicted octanol–water partition coefficient (Wildman–Crippen LogP) is 5.69. The van der Waals surface area contributed by atoms with E-state index in [-0.39, 0.29) is 4.83 Å². The molecule has 1 heteroatoms. The molecule has 0 aliphatic rings. The molecule has 0 bridgehead atoms. The molecule has 1 atom stereocenters. The summed E-state index contributed by atoms with van der Waals surface area (Å²) < 4.78 is 0. The lowest BCUT2D eigenvalue weighted by Crippen LogP contribution is -1.92. The fraction of sp³-hybridized carbons (Fsp3) is 0.200. The van der Waals surface area contributed by atoms with Gasteiger partial charge in [-0.2, -0.15) is 0 Å². The molecule has 0 nitrogen and oxygen atoms in total. The third kappa shape index (κ3) is 6.47. The molecule has 0 heterocycles. The van der Waals surface area contributed by atoms with Gasteiger partial charge in [0.25, 0.3) is 0 Å². The van der Waals surface area contributed by atoms with E-state index in [0.717, 1.165) is 24.8 Å². The molecule has 1 unspecified atom stereocenters. The Morgan fingerprint density at radius 3 is 2.33 bits per heavy atom. The Balaban J connectivity index is 1.69. The Morgan fingerprint density at radius 1 is 0.952 bits per heavy atom. The molecule has 0 spiro atoms. The number of unbranched alkanes of at least 4 members (excludes halogenated alkanes) is 1. The fourth-order valence-electron chi connectivity index (χ4n) is 1.95. The van der Waals surface area contributed by atoms with Crippen molar-refractivity contribution < 1.29 is 0 Å². The minimum Gasteiger partial charge on any atom is -0.0839 e. The first-order valence-electron chi connectivity index (χ1n) is 7.27. The predicted molar refractivity (Wildman–Crippen MR) is 95.4 cm³/mol. The van der Waals surface area contributed by atoms with Crippen LogP contribution in [0.1, 0.15) is 30.4 Å². The van der Waals surface area contributed by atoms with Crippen LogP contribution in [0.2, 0.25) is 0 Å². The van der Waals surface area contributed by atoms with E-state index in [0.29, 0.717) is 0 Å². The van der Waals surface area contributed by atoms with Crippen LogP contribution in [0.5, 0.6) is 0 Å². The molecule has 0 fully saturated rings. The molecule has 0 saturated carbocycles. The van der Waals surface area contributed by atoms with Gasteiger partial charge in [-0.3, -0.25) is 0 Å². The number of rotatable bonds is 5. The molecular weight excluding hydrogens is 320 g/mol. The maximum absolute atomic E-state index is 3.63. The van der Waals surface area contributed by atoms with Crippen LogP contribution in [0.25, 0.3) is 6.08 Å². The number of halogens is 1. The van der Waals surface area contributed by atoms with E-state index in [4.69, 9.17) is 0 Å². The Labute approximate surface area is 136 Å². The number of benzene rings is 2. The molecular formula is C20H19Br. The smallest absolute Gasteiger partial charge is 0.0758 e. The first-order valence-corrected chi connectivity index (χ1v) is 8.18. The highest BCUT2D eigenvalue weighted by atomic mass is 79.9. The third-order valence-electron chi connectivity index (χ3n) is 3.09. The summed E-state index contributed by atoms with van der Waals surface area (Å²) in [6.07, 6.45) is 7.71. The summed E-state index contributed by atoms with van der Waals surface area (Å²) in [5, 5.41) is 0. The van der Waals surface area contributed by atoms with Gasteiger partial charge in [-0.15, -0.1) is 0 Å². The van der Waals surface area contributed by atoms with Crippen molar-refractivity contribution in [1.29, 1.82) is 0 Å². The zero-order chi connectivity index (χ0) is 14.8. The Bertz CT molecular complexity index is 603. The van der Waals surface area contributed by atoms with Crippen LogP contribution >= 0.6 is 15.9 Å². The van der Waals surface area contributed by atoms with E-state index in [1.807, 2.05) is 36.4 Å². The standard InChI is InChI=1S/C20H19Br/c21-20(17-16-19-13-6-2-7-14-19)15-9-3-8-12-18-10-4-1-5-11-18/h1-2,4-8,10-14,20H,3,9,15H2/b12-8+. The summed E-state index contributed by atoms with van der Waals surface area (Å²) >= 11 is 3.63. The van der Waals surface area contributed by atoms with Crippen molar-refractivity contribution in [3.05, 3.63) is 77.9 Å². The number of allylic oxidation sites excluding steroid dienone is 1. The molecule has 106 valence electrons. The van der Waals surface area contributed by atoms with E-state index < -0.39 is 0 Å². The largest absolute Gasteiger partial charge is 0.0839 e. The minimum atomic E-state index is 0.267. The Hall–Kier alpha value is -1.78. The van der Waals surface area contributed by atoms with Crippen LogP contribution in [-0.4, -0.2) is 4.83 Å². The normalized spacial score (nSPS) is 11.9. The topological polar surface area (TPSA) is 0 Å². The van der Waals surface area contributed by atoms with Gasteiger partial charge in [0.15, 0.2) is 0 Å². The van der Waals surface area contributed by atoms with Crippen molar-refractivity contribution in [3.8, 4) is 11.8 Å². The van der Waals surface area contributed by atoms with Gasteiger partial charge >= 0.3 is 0 Å². The molecule has 0 aliphatic heterocycles. The second kappa shape index (κ2) is 9.21. The van der Waals surface area contributed by atoms with Crippen LogP contribution in [0, 0.1) is 11.8 Å². The highest BCUT2D eigenvalue weighted by Crippen LogP contribution is 2.11. The molecule has 21 heavy (non-hydrogen) atoms. The zero-order valence-electron chi connectivity index (χ0n) is 12.0.